The summed E-state index contributed by atoms with van der Waals surface area (Å²) in [7, 11) is 1.35. The SMILES string of the molecule is COC1(C(=O)NC(CCC(=O)C=[N+]=[N-])C(=O)O)CCOC1. The minimum absolute atomic E-state index is 0.0533. The maximum atomic E-state index is 12.2. The second-order valence-electron chi connectivity index (χ2n) is 4.61. The number of nitrogens with zero attached hydrogens (tertiary/aromatic N) is 2. The molecule has 0 radical (unpaired) electrons. The lowest BCUT2D eigenvalue weighted by Gasteiger charge is -2.26. The summed E-state index contributed by atoms with van der Waals surface area (Å²) in [6.07, 6.45) is 0.727. The zero-order chi connectivity index (χ0) is 15.9. The number of aliphatic carboxylic acids is 1. The Labute approximate surface area is 120 Å². The van der Waals surface area contributed by atoms with Gasteiger partial charge >= 0.3 is 12.2 Å². The Morgan fingerprint density at radius 2 is 2.29 bits per heavy atom. The van der Waals surface area contributed by atoms with Crippen molar-refractivity contribution in [3.05, 3.63) is 5.53 Å². The van der Waals surface area contributed by atoms with Crippen molar-refractivity contribution in [3.8, 4) is 0 Å². The first-order chi connectivity index (χ1) is 9.95. The normalized spacial score (nSPS) is 22.1. The molecule has 2 atom stereocenters. The fraction of sp³-hybridized carbons (Fsp3) is 0.667. The van der Waals surface area contributed by atoms with Gasteiger partial charge in [0, 0.05) is 20.0 Å². The number of hydrogen-bond acceptors (Lipinski definition) is 5. The van der Waals surface area contributed by atoms with Gasteiger partial charge < -0.3 is 25.4 Å². The van der Waals surface area contributed by atoms with Gasteiger partial charge in [0.05, 0.1) is 13.2 Å². The van der Waals surface area contributed by atoms with Crippen LogP contribution in [0.4, 0.5) is 0 Å². The molecule has 9 heteroatoms. The Kier molecular flexibility index (Phi) is 6.16. The van der Waals surface area contributed by atoms with Crippen molar-refractivity contribution in [1.82, 2.24) is 5.32 Å². The van der Waals surface area contributed by atoms with Crippen molar-refractivity contribution >= 4 is 23.9 Å². The zero-order valence-electron chi connectivity index (χ0n) is 11.6. The number of carbonyl (C=O) groups is 3. The van der Waals surface area contributed by atoms with Gasteiger partial charge in [-0.1, -0.05) is 0 Å². The molecule has 116 valence electrons. The molecule has 1 rings (SSSR count). The number of hydrogen-bond donors (Lipinski definition) is 2. The molecule has 1 aliphatic rings. The summed E-state index contributed by atoms with van der Waals surface area (Å²) in [5.41, 5.74) is 7.01. The smallest absolute Gasteiger partial charge is 0.326 e. The Bertz CT molecular complexity index is 466. The van der Waals surface area contributed by atoms with Crippen LogP contribution in [-0.4, -0.2) is 65.7 Å². The van der Waals surface area contributed by atoms with Crippen molar-refractivity contribution in [2.45, 2.75) is 30.9 Å². The van der Waals surface area contributed by atoms with E-state index < -0.39 is 29.3 Å². The molecule has 1 fully saturated rings. The van der Waals surface area contributed by atoms with E-state index in [9.17, 15) is 14.4 Å². The van der Waals surface area contributed by atoms with Gasteiger partial charge in [-0.25, -0.2) is 4.79 Å². The van der Waals surface area contributed by atoms with Crippen molar-refractivity contribution in [3.63, 3.8) is 0 Å². The molecule has 2 unspecified atom stereocenters. The van der Waals surface area contributed by atoms with Crippen LogP contribution in [0.3, 0.4) is 0 Å². The van der Waals surface area contributed by atoms with E-state index in [1.807, 2.05) is 0 Å². The maximum absolute atomic E-state index is 12.2. The van der Waals surface area contributed by atoms with Crippen LogP contribution in [-0.2, 0) is 23.9 Å². The molecule has 21 heavy (non-hydrogen) atoms. The van der Waals surface area contributed by atoms with Gasteiger partial charge in [0.1, 0.15) is 6.04 Å². The molecule has 0 aromatic rings. The third-order valence-corrected chi connectivity index (χ3v) is 3.27. The zero-order valence-corrected chi connectivity index (χ0v) is 11.6. The molecule has 9 nitrogen and oxygen atoms in total. The van der Waals surface area contributed by atoms with Crippen LogP contribution in [0.1, 0.15) is 19.3 Å². The van der Waals surface area contributed by atoms with Gasteiger partial charge in [-0.2, -0.15) is 4.79 Å². The van der Waals surface area contributed by atoms with E-state index in [-0.39, 0.29) is 19.4 Å². The number of Topliss-reactive ketones (excluding diaryl/α,β-unsaturated/α-hetero) is 1. The molecule has 0 bridgehead atoms. The highest BCUT2D eigenvalue weighted by molar-refractivity contribution is 6.25. The van der Waals surface area contributed by atoms with Gasteiger partial charge in [-0.15, -0.1) is 0 Å². The number of amides is 1. The molecule has 2 N–H and O–H groups in total. The third-order valence-electron chi connectivity index (χ3n) is 3.27. The first-order valence-electron chi connectivity index (χ1n) is 6.32. The number of carboxylic acids is 1. The summed E-state index contributed by atoms with van der Waals surface area (Å²) < 4.78 is 10.3. The molecule has 0 aromatic carbocycles. The number of rotatable bonds is 8. The minimum Gasteiger partial charge on any atom is -0.480 e. The Hall–Kier alpha value is -2.09. The van der Waals surface area contributed by atoms with Crippen LogP contribution in [0.5, 0.6) is 0 Å². The van der Waals surface area contributed by atoms with E-state index in [0.29, 0.717) is 19.2 Å². The number of ketones is 1. The van der Waals surface area contributed by atoms with Crippen LogP contribution in [0, 0.1) is 0 Å². The van der Waals surface area contributed by atoms with E-state index in [4.69, 9.17) is 20.1 Å². The first-order valence-corrected chi connectivity index (χ1v) is 6.32. The van der Waals surface area contributed by atoms with E-state index in [1.54, 1.807) is 0 Å². The van der Waals surface area contributed by atoms with Crippen LogP contribution >= 0.6 is 0 Å². The summed E-state index contributed by atoms with van der Waals surface area (Å²) in [5.74, 6) is -2.39. The fourth-order valence-corrected chi connectivity index (χ4v) is 1.94. The maximum Gasteiger partial charge on any atom is 0.326 e. The molecular formula is C12H17N3O6. The van der Waals surface area contributed by atoms with Gasteiger partial charge in [0.2, 0.25) is 5.78 Å². The standard InChI is InChI=1S/C12H17N3O6/c1-20-12(4-5-21-7-12)11(19)15-9(10(17)18)3-2-8(16)6-14-13/h6,9H,2-5,7H2,1H3,(H,15,19)(H,17,18). The second-order valence-corrected chi connectivity index (χ2v) is 4.61. The second kappa shape index (κ2) is 7.63. The number of carboxylic acid groups (broad SMARTS) is 1. The highest BCUT2D eigenvalue weighted by Crippen LogP contribution is 2.23. The van der Waals surface area contributed by atoms with Crippen molar-refractivity contribution in [2.24, 2.45) is 0 Å². The molecule has 0 aliphatic carbocycles. The summed E-state index contributed by atoms with van der Waals surface area (Å²) in [4.78, 5) is 37.0. The average molecular weight is 299 g/mol. The van der Waals surface area contributed by atoms with Crippen LogP contribution in [0.15, 0.2) is 0 Å². The van der Waals surface area contributed by atoms with Gasteiger partial charge in [-0.3, -0.25) is 9.59 Å². The molecule has 0 spiro atoms. The largest absolute Gasteiger partial charge is 0.480 e. The van der Waals surface area contributed by atoms with Crippen LogP contribution < -0.4 is 5.32 Å². The predicted octanol–water partition coefficient (Wildman–Crippen LogP) is -0.989. The van der Waals surface area contributed by atoms with E-state index in [0.717, 1.165) is 0 Å². The highest BCUT2D eigenvalue weighted by Gasteiger charge is 2.43. The lowest BCUT2D eigenvalue weighted by molar-refractivity contribution is -0.150. The molecule has 1 saturated heterocycles. The number of nitrogens with one attached hydrogen (secondary N) is 1. The Morgan fingerprint density at radius 3 is 2.76 bits per heavy atom. The predicted molar refractivity (Wildman–Crippen MR) is 68.7 cm³/mol. The molecule has 0 saturated carbocycles. The number of carbonyl (C=O) groups excluding carboxylic acids is 2. The third kappa shape index (κ3) is 4.45. The van der Waals surface area contributed by atoms with Gasteiger partial charge in [0.25, 0.3) is 5.91 Å². The van der Waals surface area contributed by atoms with E-state index in [2.05, 4.69) is 10.1 Å². The summed E-state index contributed by atoms with van der Waals surface area (Å²) >= 11 is 0. The van der Waals surface area contributed by atoms with Crippen LogP contribution in [0.25, 0.3) is 5.53 Å². The van der Waals surface area contributed by atoms with E-state index in [1.165, 1.54) is 7.11 Å². The van der Waals surface area contributed by atoms with Crippen molar-refractivity contribution < 1.29 is 33.8 Å². The number of ether oxygens (including phenoxy) is 2. The monoisotopic (exact) mass is 299 g/mol. The molecule has 1 heterocycles. The quantitative estimate of drug-likeness (QED) is 0.335. The average Bonchev–Trinajstić information content (AvgIpc) is 2.93. The summed E-state index contributed by atoms with van der Waals surface area (Å²) in [5, 5.41) is 11.4. The Balaban J connectivity index is 2.65. The molecule has 0 aromatic heterocycles. The fourth-order valence-electron chi connectivity index (χ4n) is 1.94. The number of methoxy groups -OCH3 is 1. The summed E-state index contributed by atoms with van der Waals surface area (Å²) in [6, 6.07) is -1.24. The van der Waals surface area contributed by atoms with Crippen molar-refractivity contribution in [2.75, 3.05) is 20.3 Å². The first kappa shape index (κ1) is 17.0. The van der Waals surface area contributed by atoms with E-state index >= 15 is 0 Å². The topological polar surface area (TPSA) is 138 Å². The molecule has 1 amide bonds. The highest BCUT2D eigenvalue weighted by atomic mass is 16.6. The van der Waals surface area contributed by atoms with Crippen LogP contribution in [0.2, 0.25) is 0 Å². The minimum atomic E-state index is -1.26. The lowest BCUT2D eigenvalue weighted by Crippen LogP contribution is -2.53. The van der Waals surface area contributed by atoms with Gasteiger partial charge in [0.15, 0.2) is 5.60 Å². The lowest BCUT2D eigenvalue weighted by atomic mass is 10.0. The van der Waals surface area contributed by atoms with Gasteiger partial charge in [-0.05, 0) is 6.42 Å². The summed E-state index contributed by atoms with van der Waals surface area (Å²) in [6.45, 7) is 0.405. The molecule has 1 aliphatic heterocycles. The van der Waals surface area contributed by atoms with Crippen molar-refractivity contribution in [1.29, 1.82) is 0 Å². The Morgan fingerprint density at radius 1 is 1.57 bits per heavy atom. The molecular weight excluding hydrogens is 282 g/mol.